The van der Waals surface area contributed by atoms with Gasteiger partial charge >= 0.3 is 0 Å². The maximum atomic E-state index is 5.06. The van der Waals surface area contributed by atoms with E-state index in [1.165, 1.54) is 13.0 Å². The van der Waals surface area contributed by atoms with E-state index in [-0.39, 0.29) is 0 Å². The van der Waals surface area contributed by atoms with E-state index in [0.29, 0.717) is 11.8 Å². The van der Waals surface area contributed by atoms with Gasteiger partial charge in [-0.3, -0.25) is 0 Å². The lowest BCUT2D eigenvalue weighted by molar-refractivity contribution is 0.383. The van der Waals surface area contributed by atoms with Gasteiger partial charge < -0.3 is 9.64 Å². The van der Waals surface area contributed by atoms with Crippen molar-refractivity contribution in [1.29, 1.82) is 0 Å². The highest BCUT2D eigenvalue weighted by Crippen LogP contribution is 2.24. The molecular formula is C11H16BrN3O. The molecule has 1 aromatic heterocycles. The third-order valence-electron chi connectivity index (χ3n) is 2.95. The average Bonchev–Trinajstić information content (AvgIpc) is 2.64. The lowest BCUT2D eigenvalue weighted by Crippen LogP contribution is -2.15. The zero-order chi connectivity index (χ0) is 11.5. The molecule has 1 aliphatic rings. The van der Waals surface area contributed by atoms with Crippen molar-refractivity contribution in [1.82, 2.24) is 15.1 Å². The molecule has 16 heavy (non-hydrogen) atoms. The number of nitrogens with zero attached hydrogens (tertiary/aromatic N) is 3. The molecule has 1 aromatic rings. The van der Waals surface area contributed by atoms with Crippen LogP contribution < -0.4 is 4.74 Å². The van der Waals surface area contributed by atoms with Crippen molar-refractivity contribution in [3.05, 3.63) is 16.2 Å². The number of halogens is 1. The Balaban J connectivity index is 2.02. The molecular weight excluding hydrogens is 270 g/mol. The van der Waals surface area contributed by atoms with Crippen LogP contribution in [-0.4, -0.2) is 42.3 Å². The zero-order valence-electron chi connectivity index (χ0n) is 9.61. The largest absolute Gasteiger partial charge is 0.479 e. The number of hydrogen-bond donors (Lipinski definition) is 0. The minimum atomic E-state index is 0.548. The molecule has 1 saturated heterocycles. The van der Waals surface area contributed by atoms with E-state index in [9.17, 15) is 0 Å². The molecule has 0 amide bonds. The molecule has 4 nitrogen and oxygen atoms in total. The van der Waals surface area contributed by atoms with Gasteiger partial charge in [0.25, 0.3) is 0 Å². The molecule has 0 radical (unpaired) electrons. The lowest BCUT2D eigenvalue weighted by atomic mass is 10.0. The Morgan fingerprint density at radius 3 is 2.94 bits per heavy atom. The van der Waals surface area contributed by atoms with Crippen molar-refractivity contribution < 1.29 is 4.74 Å². The molecule has 2 heterocycles. The van der Waals surface area contributed by atoms with E-state index < -0.39 is 0 Å². The third-order valence-corrected chi connectivity index (χ3v) is 3.52. The number of rotatable bonds is 3. The van der Waals surface area contributed by atoms with Gasteiger partial charge in [0.05, 0.1) is 17.3 Å². The van der Waals surface area contributed by atoms with Crippen molar-refractivity contribution in [3.8, 4) is 5.88 Å². The standard InChI is InChI=1S/C11H16BrN3O/c1-15-4-3-8(7-15)5-9-6-10(12)11(16-2)14-13-9/h6,8H,3-5,7H2,1-2H3. The first-order valence-corrected chi connectivity index (χ1v) is 6.23. The van der Waals surface area contributed by atoms with Gasteiger partial charge in [0.1, 0.15) is 0 Å². The van der Waals surface area contributed by atoms with Crippen molar-refractivity contribution in [2.45, 2.75) is 12.8 Å². The molecule has 1 aliphatic heterocycles. The molecule has 0 saturated carbocycles. The van der Waals surface area contributed by atoms with Crippen LogP contribution in [0.1, 0.15) is 12.1 Å². The first-order chi connectivity index (χ1) is 7.69. The SMILES string of the molecule is COc1nnc(CC2CCN(C)C2)cc1Br. The van der Waals surface area contributed by atoms with E-state index in [2.05, 4.69) is 38.1 Å². The van der Waals surface area contributed by atoms with Crippen LogP contribution in [0.4, 0.5) is 0 Å². The van der Waals surface area contributed by atoms with Crippen LogP contribution in [0.2, 0.25) is 0 Å². The second kappa shape index (κ2) is 5.10. The highest BCUT2D eigenvalue weighted by atomic mass is 79.9. The summed E-state index contributed by atoms with van der Waals surface area (Å²) < 4.78 is 5.94. The Labute approximate surface area is 104 Å². The van der Waals surface area contributed by atoms with Gasteiger partial charge in [0, 0.05) is 6.54 Å². The van der Waals surface area contributed by atoms with Gasteiger partial charge in [-0.1, -0.05) is 0 Å². The first-order valence-electron chi connectivity index (χ1n) is 5.43. The Bertz CT molecular complexity index is 372. The molecule has 0 bridgehead atoms. The Hall–Kier alpha value is -0.680. The molecule has 1 atom stereocenters. The van der Waals surface area contributed by atoms with E-state index in [0.717, 1.165) is 23.1 Å². The number of hydrogen-bond acceptors (Lipinski definition) is 4. The molecule has 0 N–H and O–H groups in total. The zero-order valence-corrected chi connectivity index (χ0v) is 11.2. The molecule has 2 rings (SSSR count). The van der Waals surface area contributed by atoms with Crippen molar-refractivity contribution in [2.75, 3.05) is 27.2 Å². The van der Waals surface area contributed by atoms with Gasteiger partial charge in [-0.05, 0) is 54.3 Å². The molecule has 0 spiro atoms. The molecule has 0 aromatic carbocycles. The summed E-state index contributed by atoms with van der Waals surface area (Å²) in [4.78, 5) is 2.36. The molecule has 5 heteroatoms. The summed E-state index contributed by atoms with van der Waals surface area (Å²) in [7, 11) is 3.76. The smallest absolute Gasteiger partial charge is 0.247 e. The van der Waals surface area contributed by atoms with Gasteiger partial charge in [-0.25, -0.2) is 0 Å². The predicted octanol–water partition coefficient (Wildman–Crippen LogP) is 1.74. The van der Waals surface area contributed by atoms with E-state index in [4.69, 9.17) is 4.74 Å². The van der Waals surface area contributed by atoms with E-state index in [1.54, 1.807) is 7.11 Å². The monoisotopic (exact) mass is 285 g/mol. The Morgan fingerprint density at radius 2 is 2.38 bits per heavy atom. The number of likely N-dealkylation sites (tertiary alicyclic amines) is 1. The van der Waals surface area contributed by atoms with Gasteiger partial charge in [0.15, 0.2) is 0 Å². The summed E-state index contributed by atoms with van der Waals surface area (Å²) in [5, 5.41) is 8.20. The van der Waals surface area contributed by atoms with Crippen LogP contribution >= 0.6 is 15.9 Å². The van der Waals surface area contributed by atoms with Crippen LogP contribution in [-0.2, 0) is 6.42 Å². The summed E-state index contributed by atoms with van der Waals surface area (Å²) in [6.07, 6.45) is 2.25. The van der Waals surface area contributed by atoms with Crippen LogP contribution in [0.3, 0.4) is 0 Å². The topological polar surface area (TPSA) is 38.3 Å². The van der Waals surface area contributed by atoms with E-state index >= 15 is 0 Å². The second-order valence-corrected chi connectivity index (χ2v) is 5.17. The minimum Gasteiger partial charge on any atom is -0.479 e. The van der Waals surface area contributed by atoms with Gasteiger partial charge in [-0.2, -0.15) is 5.10 Å². The Morgan fingerprint density at radius 1 is 1.56 bits per heavy atom. The van der Waals surface area contributed by atoms with Crippen LogP contribution in [0.5, 0.6) is 5.88 Å². The van der Waals surface area contributed by atoms with Crippen LogP contribution in [0.15, 0.2) is 10.5 Å². The molecule has 1 fully saturated rings. The molecule has 0 aliphatic carbocycles. The summed E-state index contributed by atoms with van der Waals surface area (Å²) in [5.74, 6) is 1.26. The van der Waals surface area contributed by atoms with Crippen LogP contribution in [0, 0.1) is 5.92 Å². The fraction of sp³-hybridized carbons (Fsp3) is 0.636. The van der Waals surface area contributed by atoms with Crippen molar-refractivity contribution in [3.63, 3.8) is 0 Å². The summed E-state index contributed by atoms with van der Waals surface area (Å²) in [5.41, 5.74) is 1.04. The third kappa shape index (κ3) is 2.71. The maximum Gasteiger partial charge on any atom is 0.247 e. The maximum absolute atomic E-state index is 5.06. The van der Waals surface area contributed by atoms with Gasteiger partial charge in [0.2, 0.25) is 5.88 Å². The van der Waals surface area contributed by atoms with Crippen molar-refractivity contribution in [2.24, 2.45) is 5.92 Å². The summed E-state index contributed by atoms with van der Waals surface area (Å²) in [6, 6.07) is 2.00. The number of aromatic nitrogens is 2. The van der Waals surface area contributed by atoms with Crippen molar-refractivity contribution >= 4 is 15.9 Å². The van der Waals surface area contributed by atoms with Crippen LogP contribution in [0.25, 0.3) is 0 Å². The molecule has 1 unspecified atom stereocenters. The molecule has 88 valence electrons. The number of ether oxygens (including phenoxy) is 1. The Kier molecular flexibility index (Phi) is 3.76. The van der Waals surface area contributed by atoms with E-state index in [1.807, 2.05) is 6.07 Å². The normalized spacial score (nSPS) is 21.3. The minimum absolute atomic E-state index is 0.548. The summed E-state index contributed by atoms with van der Waals surface area (Å²) >= 11 is 3.43. The lowest BCUT2D eigenvalue weighted by Gasteiger charge is -2.10. The first kappa shape index (κ1) is 11.8. The fourth-order valence-electron chi connectivity index (χ4n) is 2.12. The number of methoxy groups -OCH3 is 1. The predicted molar refractivity (Wildman–Crippen MR) is 65.6 cm³/mol. The summed E-state index contributed by atoms with van der Waals surface area (Å²) in [6.45, 7) is 2.35. The quantitative estimate of drug-likeness (QED) is 0.848. The average molecular weight is 286 g/mol. The second-order valence-electron chi connectivity index (χ2n) is 4.31. The fourth-order valence-corrected chi connectivity index (χ4v) is 2.63. The van der Waals surface area contributed by atoms with Gasteiger partial charge in [-0.15, -0.1) is 5.10 Å². The highest BCUT2D eigenvalue weighted by Gasteiger charge is 2.20. The highest BCUT2D eigenvalue weighted by molar-refractivity contribution is 9.10.